The number of anilines is 1. The Morgan fingerprint density at radius 3 is 2.61 bits per heavy atom. The number of hydrogen-bond donors (Lipinski definition) is 1. The summed E-state index contributed by atoms with van der Waals surface area (Å²) < 4.78 is 15.0. The van der Waals surface area contributed by atoms with E-state index in [2.05, 4.69) is 10.3 Å². The molecular formula is C22H19Cl2N5O4. The first-order valence-corrected chi connectivity index (χ1v) is 10.8. The maximum atomic E-state index is 13.1. The molecule has 0 unspecified atom stereocenters. The summed E-state index contributed by atoms with van der Waals surface area (Å²) in [7, 11) is 3.03. The van der Waals surface area contributed by atoms with Gasteiger partial charge < -0.3 is 19.4 Å². The molecule has 0 atom stereocenters. The SMILES string of the molecule is Cn1c(=O)c2c(nc(CNc3ccc4c(c3)OCO4)n2Cc2ccc(Cl)cc2Cl)n(C)c1=O. The van der Waals surface area contributed by atoms with Gasteiger partial charge in [0.25, 0.3) is 5.56 Å². The second-order valence-corrected chi connectivity index (χ2v) is 8.49. The number of halogens is 2. The maximum absolute atomic E-state index is 13.1. The molecule has 0 amide bonds. The van der Waals surface area contributed by atoms with Crippen LogP contribution in [0, 0.1) is 0 Å². The highest BCUT2D eigenvalue weighted by atomic mass is 35.5. The maximum Gasteiger partial charge on any atom is 0.332 e. The van der Waals surface area contributed by atoms with E-state index >= 15 is 0 Å². The van der Waals surface area contributed by atoms with Gasteiger partial charge in [-0.25, -0.2) is 9.78 Å². The number of nitrogens with one attached hydrogen (secondary N) is 1. The molecule has 5 rings (SSSR count). The van der Waals surface area contributed by atoms with Crippen molar-refractivity contribution in [1.82, 2.24) is 18.7 Å². The first-order chi connectivity index (χ1) is 15.8. The molecule has 0 radical (unpaired) electrons. The lowest BCUT2D eigenvalue weighted by Gasteiger charge is -2.12. The van der Waals surface area contributed by atoms with Gasteiger partial charge in [-0.1, -0.05) is 29.3 Å². The van der Waals surface area contributed by atoms with E-state index in [1.54, 1.807) is 29.8 Å². The number of fused-ring (bicyclic) bond motifs is 2. The molecule has 0 spiro atoms. The van der Waals surface area contributed by atoms with Gasteiger partial charge in [-0.15, -0.1) is 0 Å². The van der Waals surface area contributed by atoms with E-state index < -0.39 is 11.2 Å². The van der Waals surface area contributed by atoms with Crippen LogP contribution in [-0.2, 0) is 27.2 Å². The topological polar surface area (TPSA) is 92.3 Å². The van der Waals surface area contributed by atoms with Gasteiger partial charge in [0.1, 0.15) is 5.82 Å². The summed E-state index contributed by atoms with van der Waals surface area (Å²) in [4.78, 5) is 30.1. The van der Waals surface area contributed by atoms with Crippen LogP contribution in [0.3, 0.4) is 0 Å². The normalized spacial score (nSPS) is 12.5. The molecule has 1 aliphatic heterocycles. The van der Waals surface area contributed by atoms with Crippen molar-refractivity contribution in [3.63, 3.8) is 0 Å². The third-order valence-electron chi connectivity index (χ3n) is 5.59. The molecule has 1 N–H and O–H groups in total. The summed E-state index contributed by atoms with van der Waals surface area (Å²) in [6, 6.07) is 10.7. The minimum absolute atomic E-state index is 0.188. The summed E-state index contributed by atoms with van der Waals surface area (Å²) in [5, 5.41) is 4.29. The zero-order valence-electron chi connectivity index (χ0n) is 17.8. The molecule has 1 aliphatic rings. The molecule has 2 aromatic carbocycles. The number of hydrogen-bond acceptors (Lipinski definition) is 6. The van der Waals surface area contributed by atoms with Crippen LogP contribution in [0.15, 0.2) is 46.0 Å². The molecule has 0 bridgehead atoms. The van der Waals surface area contributed by atoms with Gasteiger partial charge in [0.05, 0.1) is 13.1 Å². The summed E-state index contributed by atoms with van der Waals surface area (Å²) in [5.41, 5.74) is 1.30. The molecule has 0 aliphatic carbocycles. The van der Waals surface area contributed by atoms with Gasteiger partial charge in [0.2, 0.25) is 6.79 Å². The number of imidazole rings is 1. The lowest BCUT2D eigenvalue weighted by Crippen LogP contribution is -2.37. The summed E-state index contributed by atoms with van der Waals surface area (Å²) in [6.07, 6.45) is 0. The quantitative estimate of drug-likeness (QED) is 0.464. The molecule has 11 heteroatoms. The van der Waals surface area contributed by atoms with Crippen LogP contribution < -0.4 is 26.0 Å². The Kier molecular flexibility index (Phi) is 5.30. The molecular weight excluding hydrogens is 469 g/mol. The van der Waals surface area contributed by atoms with Crippen molar-refractivity contribution in [2.24, 2.45) is 14.1 Å². The average Bonchev–Trinajstić information content (AvgIpc) is 3.41. The number of aromatic nitrogens is 4. The Hall–Kier alpha value is -3.43. The van der Waals surface area contributed by atoms with Crippen molar-refractivity contribution in [3.8, 4) is 11.5 Å². The van der Waals surface area contributed by atoms with Gasteiger partial charge in [-0.2, -0.15) is 0 Å². The van der Waals surface area contributed by atoms with Gasteiger partial charge in [0.15, 0.2) is 22.7 Å². The van der Waals surface area contributed by atoms with Crippen molar-refractivity contribution < 1.29 is 9.47 Å². The van der Waals surface area contributed by atoms with E-state index in [1.807, 2.05) is 18.2 Å². The van der Waals surface area contributed by atoms with Crippen LogP contribution in [0.2, 0.25) is 10.0 Å². The molecule has 3 heterocycles. The smallest absolute Gasteiger partial charge is 0.332 e. The van der Waals surface area contributed by atoms with Gasteiger partial charge in [-0.05, 0) is 29.8 Å². The van der Waals surface area contributed by atoms with Crippen LogP contribution in [0.25, 0.3) is 11.2 Å². The van der Waals surface area contributed by atoms with Crippen molar-refractivity contribution in [2.75, 3.05) is 12.1 Å². The first-order valence-electron chi connectivity index (χ1n) is 10.1. The van der Waals surface area contributed by atoms with Gasteiger partial charge >= 0.3 is 5.69 Å². The van der Waals surface area contributed by atoms with Gasteiger partial charge in [0, 0.05) is 35.9 Å². The van der Waals surface area contributed by atoms with Crippen LogP contribution in [0.4, 0.5) is 5.69 Å². The van der Waals surface area contributed by atoms with Crippen LogP contribution in [0.1, 0.15) is 11.4 Å². The third kappa shape index (κ3) is 3.73. The molecule has 170 valence electrons. The Balaban J connectivity index is 1.60. The lowest BCUT2D eigenvalue weighted by molar-refractivity contribution is 0.174. The number of aryl methyl sites for hydroxylation is 1. The minimum Gasteiger partial charge on any atom is -0.454 e. The van der Waals surface area contributed by atoms with E-state index in [-0.39, 0.29) is 19.9 Å². The van der Waals surface area contributed by atoms with Gasteiger partial charge in [-0.3, -0.25) is 13.9 Å². The Morgan fingerprint density at radius 1 is 1.03 bits per heavy atom. The zero-order valence-corrected chi connectivity index (χ0v) is 19.3. The van der Waals surface area contributed by atoms with E-state index in [0.717, 1.165) is 15.8 Å². The largest absolute Gasteiger partial charge is 0.454 e. The van der Waals surface area contributed by atoms with E-state index in [0.29, 0.717) is 38.5 Å². The summed E-state index contributed by atoms with van der Waals surface area (Å²) >= 11 is 12.4. The van der Waals surface area contributed by atoms with Crippen LogP contribution >= 0.6 is 23.2 Å². The molecule has 33 heavy (non-hydrogen) atoms. The number of nitrogens with zero attached hydrogens (tertiary/aromatic N) is 4. The van der Waals surface area contributed by atoms with E-state index in [4.69, 9.17) is 32.7 Å². The van der Waals surface area contributed by atoms with E-state index in [1.165, 1.54) is 11.6 Å². The number of benzene rings is 2. The Morgan fingerprint density at radius 2 is 1.82 bits per heavy atom. The highest BCUT2D eigenvalue weighted by Gasteiger charge is 2.20. The van der Waals surface area contributed by atoms with Crippen molar-refractivity contribution in [1.29, 1.82) is 0 Å². The van der Waals surface area contributed by atoms with Crippen molar-refractivity contribution in [2.45, 2.75) is 13.1 Å². The number of rotatable bonds is 5. The third-order valence-corrected chi connectivity index (χ3v) is 6.18. The van der Waals surface area contributed by atoms with Crippen molar-refractivity contribution in [3.05, 3.63) is 78.7 Å². The summed E-state index contributed by atoms with van der Waals surface area (Å²) in [6.45, 7) is 0.753. The van der Waals surface area contributed by atoms with Crippen molar-refractivity contribution >= 4 is 40.1 Å². The summed E-state index contributed by atoms with van der Waals surface area (Å²) in [5.74, 6) is 1.90. The standard InChI is InChI=1S/C22H19Cl2N5O4/c1-27-20-19(21(30)28(2)22(27)31)29(10-12-3-4-13(23)7-15(12)24)18(26-20)9-25-14-5-6-16-17(8-14)33-11-32-16/h3-8,25H,9-11H2,1-2H3. The minimum atomic E-state index is -0.447. The van der Waals surface area contributed by atoms with Crippen LogP contribution in [0.5, 0.6) is 11.5 Å². The molecule has 4 aromatic rings. The second-order valence-electron chi connectivity index (χ2n) is 7.65. The Bertz CT molecular complexity index is 1520. The molecule has 9 nitrogen and oxygen atoms in total. The molecule has 0 saturated carbocycles. The fourth-order valence-electron chi connectivity index (χ4n) is 3.80. The first kappa shape index (κ1) is 21.4. The zero-order chi connectivity index (χ0) is 23.3. The lowest BCUT2D eigenvalue weighted by atomic mass is 10.2. The molecule has 0 saturated heterocycles. The molecule has 0 fully saturated rings. The highest BCUT2D eigenvalue weighted by Crippen LogP contribution is 2.34. The second kappa shape index (κ2) is 8.17. The highest BCUT2D eigenvalue weighted by molar-refractivity contribution is 6.35. The Labute approximate surface area is 197 Å². The van der Waals surface area contributed by atoms with Crippen LogP contribution in [-0.4, -0.2) is 25.5 Å². The fourth-order valence-corrected chi connectivity index (χ4v) is 4.27. The number of ether oxygens (including phenoxy) is 2. The predicted molar refractivity (Wildman–Crippen MR) is 126 cm³/mol. The fraction of sp³-hybridized carbons (Fsp3) is 0.227. The molecule has 2 aromatic heterocycles. The monoisotopic (exact) mass is 487 g/mol. The average molecular weight is 488 g/mol. The van der Waals surface area contributed by atoms with E-state index in [9.17, 15) is 9.59 Å². The predicted octanol–water partition coefficient (Wildman–Crippen LogP) is 3.13.